The summed E-state index contributed by atoms with van der Waals surface area (Å²) < 4.78 is 0. The van der Waals surface area contributed by atoms with Gasteiger partial charge in [0, 0.05) is 11.9 Å². The molecule has 1 aromatic carbocycles. The Morgan fingerprint density at radius 1 is 1.14 bits per heavy atom. The number of benzene rings is 1. The summed E-state index contributed by atoms with van der Waals surface area (Å²) in [6.45, 7) is 5.85. The molecule has 2 rings (SSSR count). The van der Waals surface area contributed by atoms with E-state index in [0.29, 0.717) is 5.56 Å². The second-order valence-corrected chi connectivity index (χ2v) is 4.98. The number of aromatic nitrogens is 1. The molecule has 0 unspecified atom stereocenters. The van der Waals surface area contributed by atoms with Crippen molar-refractivity contribution in [1.82, 2.24) is 4.98 Å². The largest absolute Gasteiger partial charge is 0.328 e. The minimum absolute atomic E-state index is 0.172. The number of anilines is 1. The van der Waals surface area contributed by atoms with Gasteiger partial charge >= 0.3 is 0 Å². The van der Waals surface area contributed by atoms with Gasteiger partial charge in [0.25, 0.3) is 11.5 Å². The van der Waals surface area contributed by atoms with Crippen LogP contribution in [-0.4, -0.2) is 10.9 Å². The summed E-state index contributed by atoms with van der Waals surface area (Å²) in [5.41, 5.74) is 3.46. The van der Waals surface area contributed by atoms with Gasteiger partial charge in [0.05, 0.1) is 0 Å². The Morgan fingerprint density at radius 3 is 2.29 bits per heavy atom. The highest BCUT2D eigenvalue weighted by atomic mass is 16.2. The molecule has 1 heterocycles. The molecule has 4 heteroatoms. The molecule has 1 amide bonds. The van der Waals surface area contributed by atoms with Crippen LogP contribution in [-0.2, 0) is 12.8 Å². The Morgan fingerprint density at radius 2 is 1.76 bits per heavy atom. The number of carbonyl (C=O) groups is 1. The number of aryl methyl sites for hydroxylation is 3. The van der Waals surface area contributed by atoms with E-state index in [9.17, 15) is 9.59 Å². The second-order valence-electron chi connectivity index (χ2n) is 4.98. The van der Waals surface area contributed by atoms with Gasteiger partial charge in [-0.25, -0.2) is 0 Å². The van der Waals surface area contributed by atoms with Crippen molar-refractivity contribution < 1.29 is 4.79 Å². The van der Waals surface area contributed by atoms with E-state index < -0.39 is 0 Å². The van der Waals surface area contributed by atoms with E-state index >= 15 is 0 Å². The highest BCUT2D eigenvalue weighted by molar-refractivity contribution is 6.05. The fourth-order valence-corrected chi connectivity index (χ4v) is 2.44. The normalized spacial score (nSPS) is 10.4. The van der Waals surface area contributed by atoms with Crippen LogP contribution in [0.25, 0.3) is 0 Å². The zero-order chi connectivity index (χ0) is 15.4. The van der Waals surface area contributed by atoms with E-state index in [1.807, 2.05) is 32.0 Å². The molecular weight excluding hydrogens is 264 g/mol. The van der Waals surface area contributed by atoms with Crippen LogP contribution < -0.4 is 10.9 Å². The van der Waals surface area contributed by atoms with Gasteiger partial charge < -0.3 is 10.3 Å². The Kier molecular flexibility index (Phi) is 4.58. The molecule has 110 valence electrons. The molecule has 0 bridgehead atoms. The number of H-pyrrole nitrogens is 1. The summed E-state index contributed by atoms with van der Waals surface area (Å²) in [6.07, 6.45) is 3.20. The first-order chi connectivity index (χ1) is 10.1. The summed E-state index contributed by atoms with van der Waals surface area (Å²) >= 11 is 0. The molecule has 0 aliphatic rings. The zero-order valence-electron chi connectivity index (χ0n) is 12.6. The van der Waals surface area contributed by atoms with Gasteiger partial charge in [-0.15, -0.1) is 0 Å². The maximum atomic E-state index is 12.5. The molecular formula is C17H20N2O2. The summed E-state index contributed by atoms with van der Waals surface area (Å²) in [7, 11) is 0. The number of hydrogen-bond acceptors (Lipinski definition) is 2. The highest BCUT2D eigenvalue weighted by Gasteiger charge is 2.16. The number of carbonyl (C=O) groups excluding carboxylic acids is 1. The van der Waals surface area contributed by atoms with Crippen molar-refractivity contribution in [1.29, 1.82) is 0 Å². The first kappa shape index (κ1) is 15.0. The van der Waals surface area contributed by atoms with Crippen LogP contribution in [0.2, 0.25) is 0 Å². The summed E-state index contributed by atoms with van der Waals surface area (Å²) in [5, 5.41) is 2.92. The van der Waals surface area contributed by atoms with Crippen molar-refractivity contribution in [3.05, 3.63) is 63.1 Å². The van der Waals surface area contributed by atoms with E-state index in [4.69, 9.17) is 0 Å². The van der Waals surface area contributed by atoms with Gasteiger partial charge in [0.15, 0.2) is 0 Å². The maximum absolute atomic E-state index is 12.5. The summed E-state index contributed by atoms with van der Waals surface area (Å²) in [4.78, 5) is 26.9. The maximum Gasteiger partial charge on any atom is 0.261 e. The molecule has 0 saturated heterocycles. The van der Waals surface area contributed by atoms with Crippen LogP contribution in [0.3, 0.4) is 0 Å². The number of hydrogen-bond donors (Lipinski definition) is 2. The van der Waals surface area contributed by atoms with E-state index in [0.717, 1.165) is 29.7 Å². The molecule has 2 aromatic rings. The van der Waals surface area contributed by atoms with E-state index in [1.165, 1.54) is 0 Å². The lowest BCUT2D eigenvalue weighted by molar-refractivity contribution is 0.102. The second kappa shape index (κ2) is 6.39. The first-order valence-electron chi connectivity index (χ1n) is 7.18. The van der Waals surface area contributed by atoms with Crippen molar-refractivity contribution in [2.45, 2.75) is 33.6 Å². The Hall–Kier alpha value is -2.36. The molecule has 0 aliphatic carbocycles. The molecule has 0 aliphatic heterocycles. The van der Waals surface area contributed by atoms with Crippen molar-refractivity contribution in [2.24, 2.45) is 0 Å². The fraction of sp³-hybridized carbons (Fsp3) is 0.294. The van der Waals surface area contributed by atoms with Gasteiger partial charge in [-0.1, -0.05) is 32.0 Å². The van der Waals surface area contributed by atoms with Crippen LogP contribution in [0, 0.1) is 6.92 Å². The van der Waals surface area contributed by atoms with Crippen molar-refractivity contribution in [2.75, 3.05) is 5.32 Å². The molecule has 21 heavy (non-hydrogen) atoms. The predicted molar refractivity (Wildman–Crippen MR) is 85.0 cm³/mol. The number of pyridine rings is 1. The third kappa shape index (κ3) is 3.05. The topological polar surface area (TPSA) is 62.0 Å². The van der Waals surface area contributed by atoms with Gasteiger partial charge in [0.1, 0.15) is 5.56 Å². The highest BCUT2D eigenvalue weighted by Crippen LogP contribution is 2.23. The Labute approximate surface area is 124 Å². The molecule has 0 saturated carbocycles. The van der Waals surface area contributed by atoms with Crippen molar-refractivity contribution in [3.63, 3.8) is 0 Å². The van der Waals surface area contributed by atoms with Crippen LogP contribution in [0.5, 0.6) is 0 Å². The molecule has 0 radical (unpaired) electrons. The number of nitrogens with one attached hydrogen (secondary N) is 2. The quantitative estimate of drug-likeness (QED) is 0.906. The van der Waals surface area contributed by atoms with Gasteiger partial charge in [-0.2, -0.15) is 0 Å². The number of rotatable bonds is 4. The average molecular weight is 284 g/mol. The van der Waals surface area contributed by atoms with Crippen LogP contribution >= 0.6 is 0 Å². The van der Waals surface area contributed by atoms with E-state index in [-0.39, 0.29) is 17.0 Å². The minimum Gasteiger partial charge on any atom is -0.328 e. The third-order valence-electron chi connectivity index (χ3n) is 3.63. The van der Waals surface area contributed by atoms with Gasteiger partial charge in [-0.05, 0) is 42.5 Å². The lowest BCUT2D eigenvalue weighted by Gasteiger charge is -2.14. The SMILES string of the molecule is CCc1cccc(CC)c1NC(=O)c1c(C)cc[nH]c1=O. The van der Waals surface area contributed by atoms with Crippen LogP contribution in [0.15, 0.2) is 35.3 Å². The number of para-hydroxylation sites is 1. The standard InChI is InChI=1S/C17H20N2O2/c1-4-12-7-6-8-13(5-2)15(12)19-17(21)14-11(3)9-10-18-16(14)20/h6-10H,4-5H2,1-3H3,(H,18,20)(H,19,21). The van der Waals surface area contributed by atoms with Crippen LogP contribution in [0.1, 0.15) is 40.9 Å². The molecule has 0 spiro atoms. The smallest absolute Gasteiger partial charge is 0.261 e. The zero-order valence-corrected chi connectivity index (χ0v) is 12.6. The monoisotopic (exact) mass is 284 g/mol. The Balaban J connectivity index is 2.43. The van der Waals surface area contributed by atoms with Crippen LogP contribution in [0.4, 0.5) is 5.69 Å². The summed E-state index contributed by atoms with van der Waals surface area (Å²) in [6, 6.07) is 7.71. The lowest BCUT2D eigenvalue weighted by Crippen LogP contribution is -2.25. The fourth-order valence-electron chi connectivity index (χ4n) is 2.44. The van der Waals surface area contributed by atoms with Gasteiger partial charge in [0.2, 0.25) is 0 Å². The van der Waals surface area contributed by atoms with E-state index in [2.05, 4.69) is 10.3 Å². The predicted octanol–water partition coefficient (Wildman–Crippen LogP) is 3.06. The molecule has 1 aromatic heterocycles. The minimum atomic E-state index is -0.362. The van der Waals surface area contributed by atoms with Crippen molar-refractivity contribution in [3.8, 4) is 0 Å². The third-order valence-corrected chi connectivity index (χ3v) is 3.63. The lowest BCUT2D eigenvalue weighted by atomic mass is 10.0. The van der Waals surface area contributed by atoms with Gasteiger partial charge in [-0.3, -0.25) is 9.59 Å². The molecule has 4 nitrogen and oxygen atoms in total. The molecule has 0 atom stereocenters. The average Bonchev–Trinajstić information content (AvgIpc) is 2.47. The van der Waals surface area contributed by atoms with E-state index in [1.54, 1.807) is 19.2 Å². The molecule has 2 N–H and O–H groups in total. The molecule has 0 fully saturated rings. The number of amides is 1. The first-order valence-corrected chi connectivity index (χ1v) is 7.18. The van der Waals surface area contributed by atoms with Crippen molar-refractivity contribution >= 4 is 11.6 Å². The Bertz CT molecular complexity index is 695. The summed E-state index contributed by atoms with van der Waals surface area (Å²) in [5.74, 6) is -0.357. The number of aromatic amines is 1.